The van der Waals surface area contributed by atoms with Crippen LogP contribution in [-0.2, 0) is 13.0 Å². The quantitative estimate of drug-likeness (QED) is 0.784. The summed E-state index contributed by atoms with van der Waals surface area (Å²) in [6.45, 7) is 7.52. The second-order valence-electron chi connectivity index (χ2n) is 4.99. The Labute approximate surface area is 103 Å². The predicted octanol–water partition coefficient (Wildman–Crippen LogP) is 3.44. The number of aromatic nitrogens is 2. The third kappa shape index (κ3) is 2.96. The van der Waals surface area contributed by atoms with Crippen molar-refractivity contribution in [2.75, 3.05) is 0 Å². The predicted molar refractivity (Wildman–Crippen MR) is 71.1 cm³/mol. The Bertz CT molecular complexity index is 469. The molecule has 0 aliphatic heterocycles. The molecular formula is C15H20N2. The standard InChI is InChI=1S/C15H20N2/c1-12(2)9-15-13(3)16-11-17(15)10-14-7-5-4-6-8-14/h4-8,11-12H,9-10H2,1-3H3. The molecule has 0 saturated carbocycles. The fraction of sp³-hybridized carbons (Fsp3) is 0.400. The van der Waals surface area contributed by atoms with Crippen molar-refractivity contribution < 1.29 is 0 Å². The van der Waals surface area contributed by atoms with Crippen LogP contribution >= 0.6 is 0 Å². The topological polar surface area (TPSA) is 17.8 Å². The number of benzene rings is 1. The molecule has 0 unspecified atom stereocenters. The average molecular weight is 228 g/mol. The highest BCUT2D eigenvalue weighted by Gasteiger charge is 2.09. The summed E-state index contributed by atoms with van der Waals surface area (Å²) >= 11 is 0. The summed E-state index contributed by atoms with van der Waals surface area (Å²) in [5.74, 6) is 0.667. The Kier molecular flexibility index (Phi) is 3.62. The second kappa shape index (κ2) is 5.17. The fourth-order valence-corrected chi connectivity index (χ4v) is 2.08. The van der Waals surface area contributed by atoms with E-state index < -0.39 is 0 Å². The molecule has 2 aromatic rings. The summed E-state index contributed by atoms with van der Waals surface area (Å²) in [5, 5.41) is 0. The van der Waals surface area contributed by atoms with E-state index in [1.807, 2.05) is 6.33 Å². The van der Waals surface area contributed by atoms with Crippen molar-refractivity contribution in [2.45, 2.75) is 33.7 Å². The molecule has 1 heterocycles. The van der Waals surface area contributed by atoms with Gasteiger partial charge in [-0.15, -0.1) is 0 Å². The monoisotopic (exact) mass is 228 g/mol. The van der Waals surface area contributed by atoms with E-state index in [2.05, 4.69) is 60.7 Å². The maximum Gasteiger partial charge on any atom is 0.0954 e. The van der Waals surface area contributed by atoms with Crippen molar-refractivity contribution >= 4 is 0 Å². The van der Waals surface area contributed by atoms with Crippen LogP contribution in [0.15, 0.2) is 36.7 Å². The van der Waals surface area contributed by atoms with Crippen LogP contribution in [0, 0.1) is 12.8 Å². The number of hydrogen-bond acceptors (Lipinski definition) is 1. The van der Waals surface area contributed by atoms with Gasteiger partial charge in [-0.3, -0.25) is 0 Å². The zero-order valence-electron chi connectivity index (χ0n) is 10.9. The lowest BCUT2D eigenvalue weighted by atomic mass is 10.1. The van der Waals surface area contributed by atoms with Gasteiger partial charge in [-0.25, -0.2) is 4.98 Å². The van der Waals surface area contributed by atoms with Gasteiger partial charge in [-0.05, 0) is 24.8 Å². The molecule has 90 valence electrons. The molecule has 0 amide bonds. The second-order valence-corrected chi connectivity index (χ2v) is 4.99. The summed E-state index contributed by atoms with van der Waals surface area (Å²) in [6.07, 6.45) is 3.05. The van der Waals surface area contributed by atoms with E-state index in [-0.39, 0.29) is 0 Å². The van der Waals surface area contributed by atoms with E-state index in [4.69, 9.17) is 0 Å². The minimum atomic E-state index is 0.667. The van der Waals surface area contributed by atoms with Crippen molar-refractivity contribution in [1.29, 1.82) is 0 Å². The zero-order valence-corrected chi connectivity index (χ0v) is 10.9. The van der Waals surface area contributed by atoms with E-state index >= 15 is 0 Å². The van der Waals surface area contributed by atoms with Crippen LogP contribution in [0.25, 0.3) is 0 Å². The minimum absolute atomic E-state index is 0.667. The summed E-state index contributed by atoms with van der Waals surface area (Å²) in [4.78, 5) is 4.43. The Morgan fingerprint density at radius 1 is 1.18 bits per heavy atom. The molecule has 17 heavy (non-hydrogen) atoms. The van der Waals surface area contributed by atoms with Crippen LogP contribution in [0.3, 0.4) is 0 Å². The first-order chi connectivity index (χ1) is 8.16. The van der Waals surface area contributed by atoms with E-state index in [1.54, 1.807) is 0 Å². The summed E-state index contributed by atoms with van der Waals surface area (Å²) < 4.78 is 2.27. The molecule has 0 aliphatic carbocycles. The number of aryl methyl sites for hydroxylation is 1. The molecule has 2 rings (SSSR count). The molecule has 0 N–H and O–H groups in total. The summed E-state index contributed by atoms with van der Waals surface area (Å²) in [7, 11) is 0. The zero-order chi connectivity index (χ0) is 12.3. The molecule has 0 bridgehead atoms. The van der Waals surface area contributed by atoms with Gasteiger partial charge in [0.25, 0.3) is 0 Å². The van der Waals surface area contributed by atoms with Gasteiger partial charge in [0.15, 0.2) is 0 Å². The number of hydrogen-bond donors (Lipinski definition) is 0. The van der Waals surface area contributed by atoms with Crippen molar-refractivity contribution in [3.63, 3.8) is 0 Å². The molecule has 0 saturated heterocycles. The number of nitrogens with zero attached hydrogens (tertiary/aromatic N) is 2. The van der Waals surface area contributed by atoms with E-state index in [0.29, 0.717) is 5.92 Å². The molecule has 0 radical (unpaired) electrons. The molecule has 0 atom stereocenters. The SMILES string of the molecule is Cc1ncn(Cc2ccccc2)c1CC(C)C. The molecular weight excluding hydrogens is 208 g/mol. The van der Waals surface area contributed by atoms with Gasteiger partial charge >= 0.3 is 0 Å². The lowest BCUT2D eigenvalue weighted by molar-refractivity contribution is 0.601. The van der Waals surface area contributed by atoms with Crippen molar-refractivity contribution in [3.05, 3.63) is 53.6 Å². The Morgan fingerprint density at radius 3 is 2.53 bits per heavy atom. The highest BCUT2D eigenvalue weighted by Crippen LogP contribution is 2.14. The van der Waals surface area contributed by atoms with E-state index in [9.17, 15) is 0 Å². The first kappa shape index (κ1) is 11.9. The lowest BCUT2D eigenvalue weighted by Crippen LogP contribution is -2.07. The Balaban J connectivity index is 2.21. The van der Waals surface area contributed by atoms with Crippen LogP contribution in [0.1, 0.15) is 30.8 Å². The fourth-order valence-electron chi connectivity index (χ4n) is 2.08. The highest BCUT2D eigenvalue weighted by atomic mass is 15.1. The Morgan fingerprint density at radius 2 is 1.88 bits per heavy atom. The molecule has 0 fully saturated rings. The van der Waals surface area contributed by atoms with E-state index in [1.165, 1.54) is 11.3 Å². The maximum absolute atomic E-state index is 4.43. The normalized spacial score (nSPS) is 11.1. The van der Waals surface area contributed by atoms with Gasteiger partial charge in [-0.1, -0.05) is 44.2 Å². The molecule has 1 aromatic heterocycles. The number of rotatable bonds is 4. The largest absolute Gasteiger partial charge is 0.330 e. The first-order valence-corrected chi connectivity index (χ1v) is 6.21. The highest BCUT2D eigenvalue weighted by molar-refractivity contribution is 5.18. The van der Waals surface area contributed by atoms with Gasteiger partial charge in [0.2, 0.25) is 0 Å². The van der Waals surface area contributed by atoms with Crippen LogP contribution in [0.2, 0.25) is 0 Å². The van der Waals surface area contributed by atoms with Crippen LogP contribution in [0.5, 0.6) is 0 Å². The van der Waals surface area contributed by atoms with Gasteiger partial charge in [0, 0.05) is 12.2 Å². The van der Waals surface area contributed by atoms with E-state index in [0.717, 1.165) is 18.7 Å². The number of imidazole rings is 1. The van der Waals surface area contributed by atoms with Gasteiger partial charge in [0.1, 0.15) is 0 Å². The van der Waals surface area contributed by atoms with Crippen LogP contribution < -0.4 is 0 Å². The van der Waals surface area contributed by atoms with Crippen molar-refractivity contribution in [3.8, 4) is 0 Å². The molecule has 2 nitrogen and oxygen atoms in total. The molecule has 1 aromatic carbocycles. The average Bonchev–Trinajstić information content (AvgIpc) is 2.62. The molecule has 0 spiro atoms. The molecule has 0 aliphatic rings. The third-order valence-corrected chi connectivity index (χ3v) is 2.95. The maximum atomic E-state index is 4.43. The van der Waals surface area contributed by atoms with Crippen LogP contribution in [-0.4, -0.2) is 9.55 Å². The minimum Gasteiger partial charge on any atom is -0.330 e. The Hall–Kier alpha value is -1.57. The van der Waals surface area contributed by atoms with Gasteiger partial charge in [-0.2, -0.15) is 0 Å². The third-order valence-electron chi connectivity index (χ3n) is 2.95. The molecule has 2 heteroatoms. The van der Waals surface area contributed by atoms with Gasteiger partial charge in [0.05, 0.1) is 12.0 Å². The van der Waals surface area contributed by atoms with Crippen LogP contribution in [0.4, 0.5) is 0 Å². The first-order valence-electron chi connectivity index (χ1n) is 6.21. The summed E-state index contributed by atoms with van der Waals surface area (Å²) in [6, 6.07) is 10.5. The van der Waals surface area contributed by atoms with Crippen molar-refractivity contribution in [2.24, 2.45) is 5.92 Å². The van der Waals surface area contributed by atoms with Gasteiger partial charge < -0.3 is 4.57 Å². The van der Waals surface area contributed by atoms with Crippen molar-refractivity contribution in [1.82, 2.24) is 9.55 Å². The smallest absolute Gasteiger partial charge is 0.0954 e. The summed E-state index contributed by atoms with van der Waals surface area (Å²) in [5.41, 5.74) is 3.85. The lowest BCUT2D eigenvalue weighted by Gasteiger charge is -2.11.